The van der Waals surface area contributed by atoms with Crippen molar-refractivity contribution < 1.29 is 4.79 Å². The topological polar surface area (TPSA) is 51.7 Å². The number of urea groups is 1. The minimum absolute atomic E-state index is 0.0194. The van der Waals surface area contributed by atoms with E-state index in [4.69, 9.17) is 0 Å². The molecule has 32 heavy (non-hydrogen) atoms. The van der Waals surface area contributed by atoms with Crippen molar-refractivity contribution in [3.8, 4) is 0 Å². The van der Waals surface area contributed by atoms with Crippen LogP contribution in [0.3, 0.4) is 0 Å². The minimum atomic E-state index is -0.0194. The highest BCUT2D eigenvalue weighted by Crippen LogP contribution is 2.32. The standard InChI is InChI=1S/C26H37N5O/c1-29(19-20-6-3-2-4-7-20)22-10-14-30(15-11-22)23-8-9-24-21(16-23)17-27-18-25(24)31-13-5-12-28-26(31)32/h8-9,16-18,20,22H,2-7,10-15,19H2,1H3,(H,28,32). The van der Waals surface area contributed by atoms with Crippen molar-refractivity contribution in [3.05, 3.63) is 30.6 Å². The number of carbonyl (C=O) groups excluding carboxylic acids is 1. The zero-order chi connectivity index (χ0) is 21.9. The Kier molecular flexibility index (Phi) is 6.49. The molecule has 6 heteroatoms. The Morgan fingerprint density at radius 1 is 1.03 bits per heavy atom. The zero-order valence-electron chi connectivity index (χ0n) is 19.4. The summed E-state index contributed by atoms with van der Waals surface area (Å²) >= 11 is 0. The van der Waals surface area contributed by atoms with Crippen LogP contribution in [-0.2, 0) is 0 Å². The second kappa shape index (κ2) is 9.65. The van der Waals surface area contributed by atoms with E-state index < -0.39 is 0 Å². The smallest absolute Gasteiger partial charge is 0.321 e. The van der Waals surface area contributed by atoms with E-state index in [1.165, 1.54) is 57.2 Å². The van der Waals surface area contributed by atoms with Gasteiger partial charge >= 0.3 is 6.03 Å². The van der Waals surface area contributed by atoms with E-state index in [1.807, 2.05) is 17.3 Å². The molecule has 1 saturated carbocycles. The number of piperidine rings is 1. The number of carbonyl (C=O) groups is 1. The van der Waals surface area contributed by atoms with Crippen LogP contribution in [0, 0.1) is 5.92 Å². The van der Waals surface area contributed by atoms with Crippen LogP contribution in [0.25, 0.3) is 10.8 Å². The van der Waals surface area contributed by atoms with Gasteiger partial charge in [0.2, 0.25) is 0 Å². The Morgan fingerprint density at radius 2 is 1.84 bits per heavy atom. The number of hydrogen-bond acceptors (Lipinski definition) is 4. The van der Waals surface area contributed by atoms with Crippen LogP contribution in [-0.4, -0.2) is 61.7 Å². The summed E-state index contributed by atoms with van der Waals surface area (Å²) in [6, 6.07) is 7.33. The van der Waals surface area contributed by atoms with Gasteiger partial charge in [-0.1, -0.05) is 25.3 Å². The predicted molar refractivity (Wildman–Crippen MR) is 132 cm³/mol. The molecule has 2 saturated heterocycles. The molecule has 6 nitrogen and oxygen atoms in total. The van der Waals surface area contributed by atoms with E-state index in [2.05, 4.69) is 45.3 Å². The molecular formula is C26H37N5O. The van der Waals surface area contributed by atoms with Gasteiger partial charge in [0.05, 0.1) is 11.9 Å². The lowest BCUT2D eigenvalue weighted by Crippen LogP contribution is -2.46. The lowest BCUT2D eigenvalue weighted by atomic mass is 9.88. The van der Waals surface area contributed by atoms with Crippen molar-refractivity contribution in [1.82, 2.24) is 15.2 Å². The Morgan fingerprint density at radius 3 is 2.62 bits per heavy atom. The molecule has 1 aromatic carbocycles. The molecule has 1 aliphatic carbocycles. The van der Waals surface area contributed by atoms with Gasteiger partial charge in [-0.3, -0.25) is 9.88 Å². The number of nitrogens with zero attached hydrogens (tertiary/aromatic N) is 4. The number of rotatable bonds is 5. The molecule has 2 aliphatic heterocycles. The number of benzene rings is 1. The molecule has 0 bridgehead atoms. The normalized spacial score (nSPS) is 21.4. The lowest BCUT2D eigenvalue weighted by Gasteiger charge is -2.39. The van der Waals surface area contributed by atoms with Crippen LogP contribution in [0.4, 0.5) is 16.2 Å². The van der Waals surface area contributed by atoms with E-state index in [0.717, 1.165) is 55.0 Å². The molecule has 3 fully saturated rings. The van der Waals surface area contributed by atoms with Gasteiger partial charge < -0.3 is 15.1 Å². The van der Waals surface area contributed by atoms with Gasteiger partial charge in [0, 0.05) is 61.4 Å². The van der Waals surface area contributed by atoms with Gasteiger partial charge in [-0.2, -0.15) is 0 Å². The first-order valence-corrected chi connectivity index (χ1v) is 12.6. The molecule has 0 radical (unpaired) electrons. The van der Waals surface area contributed by atoms with Crippen molar-refractivity contribution in [2.75, 3.05) is 49.6 Å². The van der Waals surface area contributed by atoms with Crippen LogP contribution < -0.4 is 15.1 Å². The van der Waals surface area contributed by atoms with Crippen molar-refractivity contribution in [2.24, 2.45) is 5.92 Å². The maximum absolute atomic E-state index is 12.3. The third-order valence-electron chi connectivity index (χ3n) is 7.82. The van der Waals surface area contributed by atoms with Gasteiger partial charge in [-0.15, -0.1) is 0 Å². The predicted octanol–water partition coefficient (Wildman–Crippen LogP) is 4.64. The first kappa shape index (κ1) is 21.5. The molecule has 2 amide bonds. The molecule has 5 rings (SSSR count). The lowest BCUT2D eigenvalue weighted by molar-refractivity contribution is 0.161. The maximum atomic E-state index is 12.3. The number of amides is 2. The monoisotopic (exact) mass is 435 g/mol. The van der Waals surface area contributed by atoms with Gasteiger partial charge in [0.1, 0.15) is 0 Å². The molecule has 3 heterocycles. The van der Waals surface area contributed by atoms with Crippen molar-refractivity contribution in [2.45, 2.75) is 57.4 Å². The number of fused-ring (bicyclic) bond motifs is 1. The van der Waals surface area contributed by atoms with E-state index in [0.29, 0.717) is 6.04 Å². The fourth-order valence-corrected chi connectivity index (χ4v) is 5.91. The molecule has 0 atom stereocenters. The van der Waals surface area contributed by atoms with Crippen LogP contribution in [0.15, 0.2) is 30.6 Å². The third kappa shape index (κ3) is 4.56. The summed E-state index contributed by atoms with van der Waals surface area (Å²) in [4.78, 5) is 23.8. The van der Waals surface area contributed by atoms with Crippen LogP contribution in [0.2, 0.25) is 0 Å². The Hall–Kier alpha value is -2.34. The van der Waals surface area contributed by atoms with E-state index in [-0.39, 0.29) is 6.03 Å². The average Bonchev–Trinajstić information content (AvgIpc) is 2.84. The SMILES string of the molecule is CN(CC1CCCCC1)C1CCN(c2ccc3c(N4CCCNC4=O)cncc3c2)CC1. The quantitative estimate of drug-likeness (QED) is 0.744. The Bertz CT molecular complexity index is 933. The highest BCUT2D eigenvalue weighted by Gasteiger charge is 2.26. The number of hydrogen-bond donors (Lipinski definition) is 1. The second-order valence-electron chi connectivity index (χ2n) is 9.96. The first-order valence-electron chi connectivity index (χ1n) is 12.6. The number of pyridine rings is 1. The molecule has 3 aliphatic rings. The van der Waals surface area contributed by atoms with Gasteiger partial charge in [-0.05, 0) is 57.2 Å². The fraction of sp³-hybridized carbons (Fsp3) is 0.615. The Labute approximate surface area is 192 Å². The summed E-state index contributed by atoms with van der Waals surface area (Å²) in [5.41, 5.74) is 2.18. The van der Waals surface area contributed by atoms with E-state index >= 15 is 0 Å². The fourth-order valence-electron chi connectivity index (χ4n) is 5.91. The van der Waals surface area contributed by atoms with Crippen molar-refractivity contribution in [1.29, 1.82) is 0 Å². The average molecular weight is 436 g/mol. The molecule has 0 spiro atoms. The van der Waals surface area contributed by atoms with Crippen molar-refractivity contribution >= 4 is 28.2 Å². The maximum Gasteiger partial charge on any atom is 0.321 e. The summed E-state index contributed by atoms with van der Waals surface area (Å²) in [6.07, 6.45) is 14.3. The van der Waals surface area contributed by atoms with Crippen molar-refractivity contribution in [3.63, 3.8) is 0 Å². The minimum Gasteiger partial charge on any atom is -0.371 e. The summed E-state index contributed by atoms with van der Waals surface area (Å²) < 4.78 is 0. The molecule has 2 aromatic rings. The third-order valence-corrected chi connectivity index (χ3v) is 7.82. The highest BCUT2D eigenvalue weighted by molar-refractivity contribution is 6.03. The van der Waals surface area contributed by atoms with Gasteiger partial charge in [0.25, 0.3) is 0 Å². The molecular weight excluding hydrogens is 398 g/mol. The summed E-state index contributed by atoms with van der Waals surface area (Å²) in [5.74, 6) is 0.913. The van der Waals surface area contributed by atoms with Crippen LogP contribution in [0.1, 0.15) is 51.4 Å². The van der Waals surface area contributed by atoms with E-state index in [1.54, 1.807) is 0 Å². The molecule has 1 aromatic heterocycles. The number of aromatic nitrogens is 1. The summed E-state index contributed by atoms with van der Waals surface area (Å²) in [7, 11) is 2.34. The number of anilines is 2. The van der Waals surface area contributed by atoms with Gasteiger partial charge in [-0.25, -0.2) is 4.79 Å². The molecule has 172 valence electrons. The first-order chi connectivity index (χ1) is 15.7. The molecule has 0 unspecified atom stereocenters. The van der Waals surface area contributed by atoms with Crippen LogP contribution in [0.5, 0.6) is 0 Å². The Balaban J connectivity index is 1.24. The largest absolute Gasteiger partial charge is 0.371 e. The zero-order valence-corrected chi connectivity index (χ0v) is 19.4. The summed E-state index contributed by atoms with van der Waals surface area (Å²) in [5, 5.41) is 5.15. The highest BCUT2D eigenvalue weighted by atomic mass is 16.2. The van der Waals surface area contributed by atoms with Crippen LogP contribution >= 0.6 is 0 Å². The summed E-state index contributed by atoms with van der Waals surface area (Å²) in [6.45, 7) is 4.98. The number of nitrogens with one attached hydrogen (secondary N) is 1. The van der Waals surface area contributed by atoms with E-state index in [9.17, 15) is 4.79 Å². The van der Waals surface area contributed by atoms with Gasteiger partial charge in [0.15, 0.2) is 0 Å². The second-order valence-corrected chi connectivity index (χ2v) is 9.96. The molecule has 1 N–H and O–H groups in total.